The Morgan fingerprint density at radius 3 is 2.62 bits per heavy atom. The highest BCUT2D eigenvalue weighted by atomic mass is 79.9. The molecule has 0 aromatic carbocycles. The summed E-state index contributed by atoms with van der Waals surface area (Å²) < 4.78 is 6.62. The number of aliphatic imine (C=N–C) groups is 1. The number of nitrogens with zero attached hydrogens (tertiary/aromatic N) is 2. The van der Waals surface area contributed by atoms with Crippen molar-refractivity contribution in [2.45, 2.75) is 66.4 Å². The van der Waals surface area contributed by atoms with Crippen LogP contribution in [0.25, 0.3) is 0 Å². The van der Waals surface area contributed by atoms with Crippen molar-refractivity contribution in [3.63, 3.8) is 0 Å². The highest BCUT2D eigenvalue weighted by Crippen LogP contribution is 2.33. The minimum Gasteiger partial charge on any atom is -0.438 e. The smallest absolute Gasteiger partial charge is 0.220 e. The molecule has 1 fully saturated rings. The first kappa shape index (κ1) is 25.5. The number of halogens is 1. The quantitative estimate of drug-likeness (QED) is 0.207. The van der Waals surface area contributed by atoms with Gasteiger partial charge in [0, 0.05) is 30.7 Å². The number of hydrogen-bond donors (Lipinski definition) is 3. The summed E-state index contributed by atoms with van der Waals surface area (Å²) in [7, 11) is 0. The molecule has 0 bridgehead atoms. The van der Waals surface area contributed by atoms with Gasteiger partial charge in [0.2, 0.25) is 5.88 Å². The molecule has 0 radical (unpaired) electrons. The van der Waals surface area contributed by atoms with E-state index >= 15 is 0 Å². The van der Waals surface area contributed by atoms with Crippen molar-refractivity contribution in [3.8, 4) is 0 Å². The molecule has 29 heavy (non-hydrogen) atoms. The Bertz CT molecular complexity index is 671. The van der Waals surface area contributed by atoms with E-state index in [2.05, 4.69) is 20.9 Å². The Morgan fingerprint density at radius 1 is 1.41 bits per heavy atom. The van der Waals surface area contributed by atoms with Gasteiger partial charge in [0.25, 0.3) is 0 Å². The number of allylic oxidation sites excluding steroid dienone is 3. The number of hydrogen-bond acceptors (Lipinski definition) is 6. The van der Waals surface area contributed by atoms with E-state index in [4.69, 9.17) is 16.3 Å². The summed E-state index contributed by atoms with van der Waals surface area (Å²) >= 11 is 3.41. The van der Waals surface area contributed by atoms with Crippen LogP contribution in [-0.4, -0.2) is 29.0 Å². The van der Waals surface area contributed by atoms with Crippen LogP contribution in [0.15, 0.2) is 51.2 Å². The van der Waals surface area contributed by atoms with Gasteiger partial charge < -0.3 is 20.6 Å². The fourth-order valence-corrected chi connectivity index (χ4v) is 2.89. The van der Waals surface area contributed by atoms with Crippen LogP contribution < -0.4 is 11.6 Å². The zero-order chi connectivity index (χ0) is 22.0. The monoisotopic (exact) mass is 468 g/mol. The molecule has 1 aliphatic carbocycles. The molecule has 0 aromatic heterocycles. The molecule has 0 aromatic rings. The third kappa shape index (κ3) is 8.76. The molecule has 1 heterocycles. The second-order valence-electron chi connectivity index (χ2n) is 8.08. The van der Waals surface area contributed by atoms with Crippen LogP contribution in [0.5, 0.6) is 0 Å². The topological polar surface area (TPSA) is 97.1 Å². The van der Waals surface area contributed by atoms with Crippen molar-refractivity contribution >= 4 is 22.1 Å². The highest BCUT2D eigenvalue weighted by molar-refractivity contribution is 9.11. The zero-order valence-corrected chi connectivity index (χ0v) is 19.9. The van der Waals surface area contributed by atoms with Crippen molar-refractivity contribution in [3.05, 3.63) is 46.2 Å². The number of hydrazine groups is 1. The van der Waals surface area contributed by atoms with E-state index in [1.165, 1.54) is 19.0 Å². The first-order valence-corrected chi connectivity index (χ1v) is 11.1. The summed E-state index contributed by atoms with van der Waals surface area (Å²) in [6.45, 7) is 10.8. The van der Waals surface area contributed by atoms with E-state index in [0.29, 0.717) is 28.5 Å². The molecule has 2 rings (SSSR count). The largest absolute Gasteiger partial charge is 0.438 e. The van der Waals surface area contributed by atoms with Crippen molar-refractivity contribution in [1.82, 2.24) is 5.01 Å². The predicted molar refractivity (Wildman–Crippen MR) is 125 cm³/mol. The number of aliphatic hydroxyl groups is 1. The van der Waals surface area contributed by atoms with E-state index in [-0.39, 0.29) is 5.41 Å². The van der Waals surface area contributed by atoms with Crippen molar-refractivity contribution < 1.29 is 9.84 Å². The van der Waals surface area contributed by atoms with Crippen LogP contribution in [0.2, 0.25) is 0 Å². The van der Waals surface area contributed by atoms with Gasteiger partial charge in [0.05, 0.1) is 10.6 Å². The standard InChI is InChI=1S/C20H31BrN4O2.C2H6/c1-20(2,3)18(26)15-6-4-10-24-19(15)27-17(16(21)12-22)7-5-11-25(23)13-14-8-9-14;1-2/h5,7,10-12,14,18,26H,4,6,8-9,13,22-23H2,1-3H3;1-2H3/b11-5+,16-12-,17-7+;. The van der Waals surface area contributed by atoms with Crippen molar-refractivity contribution in [2.75, 3.05) is 6.54 Å². The molecule has 0 amide bonds. The lowest BCUT2D eigenvalue weighted by atomic mass is 9.83. The summed E-state index contributed by atoms with van der Waals surface area (Å²) in [6.07, 6.45) is 12.0. The van der Waals surface area contributed by atoms with Gasteiger partial charge in [-0.15, -0.1) is 0 Å². The third-order valence-corrected chi connectivity index (χ3v) is 5.11. The van der Waals surface area contributed by atoms with Crippen LogP contribution in [-0.2, 0) is 4.74 Å². The molecule has 0 spiro atoms. The maximum absolute atomic E-state index is 10.7. The van der Waals surface area contributed by atoms with E-state index in [1.54, 1.807) is 17.3 Å². The number of aliphatic hydroxyl groups excluding tert-OH is 1. The molecule has 1 saturated carbocycles. The lowest BCUT2D eigenvalue weighted by molar-refractivity contribution is 0.0857. The van der Waals surface area contributed by atoms with Gasteiger partial charge in [0.15, 0.2) is 0 Å². The van der Waals surface area contributed by atoms with Crippen molar-refractivity contribution in [2.24, 2.45) is 27.9 Å². The van der Waals surface area contributed by atoms with Gasteiger partial charge >= 0.3 is 0 Å². The van der Waals surface area contributed by atoms with Crippen LogP contribution in [0.1, 0.15) is 60.3 Å². The fraction of sp³-hybridized carbons (Fsp3) is 0.591. The van der Waals surface area contributed by atoms with E-state index in [0.717, 1.165) is 18.5 Å². The molecule has 1 aliphatic heterocycles. The summed E-state index contributed by atoms with van der Waals surface area (Å²) in [6, 6.07) is 0. The Labute approximate surface area is 184 Å². The molecule has 6 nitrogen and oxygen atoms in total. The van der Waals surface area contributed by atoms with Gasteiger partial charge in [-0.05, 0) is 65.1 Å². The third-order valence-electron chi connectivity index (χ3n) is 4.46. The Balaban J connectivity index is 0.00000204. The Kier molecular flexibility index (Phi) is 10.7. The van der Waals surface area contributed by atoms with Gasteiger partial charge in [-0.25, -0.2) is 10.8 Å². The zero-order valence-electron chi connectivity index (χ0n) is 18.4. The van der Waals surface area contributed by atoms with Gasteiger partial charge in [-0.2, -0.15) is 0 Å². The second-order valence-corrected chi connectivity index (χ2v) is 8.93. The number of rotatable bonds is 8. The highest BCUT2D eigenvalue weighted by Gasteiger charge is 2.30. The normalized spacial score (nSPS) is 19.2. The average Bonchev–Trinajstić information content (AvgIpc) is 3.51. The van der Waals surface area contributed by atoms with Crippen LogP contribution in [0, 0.1) is 11.3 Å². The molecular formula is C22H37BrN4O2. The summed E-state index contributed by atoms with van der Waals surface area (Å²) in [5.74, 6) is 7.59. The molecule has 1 unspecified atom stereocenters. The Hall–Kier alpha value is -1.57. The molecule has 5 N–H and O–H groups in total. The maximum Gasteiger partial charge on any atom is 0.220 e. The van der Waals surface area contributed by atoms with Crippen LogP contribution >= 0.6 is 15.9 Å². The molecule has 1 atom stereocenters. The molecular weight excluding hydrogens is 432 g/mol. The minimum atomic E-state index is -0.638. The minimum absolute atomic E-state index is 0.301. The summed E-state index contributed by atoms with van der Waals surface area (Å²) in [5, 5.41) is 12.4. The number of ether oxygens (including phenoxy) is 1. The molecule has 2 aliphatic rings. The van der Waals surface area contributed by atoms with E-state index in [1.807, 2.05) is 46.9 Å². The lowest BCUT2D eigenvalue weighted by Gasteiger charge is -2.30. The predicted octanol–water partition coefficient (Wildman–Crippen LogP) is 4.69. The molecule has 164 valence electrons. The van der Waals surface area contributed by atoms with Crippen LogP contribution in [0.3, 0.4) is 0 Å². The fourth-order valence-electron chi connectivity index (χ4n) is 2.67. The SMILES string of the molecule is CC.CC(C)(C)C(O)C1=C(OC(=C/C=C/N(N)CC2CC2)/C(Br)=C/N)N=CCC1. The molecule has 0 saturated heterocycles. The van der Waals surface area contributed by atoms with Crippen LogP contribution in [0.4, 0.5) is 0 Å². The summed E-state index contributed by atoms with van der Waals surface area (Å²) in [4.78, 5) is 4.38. The summed E-state index contributed by atoms with van der Waals surface area (Å²) in [5.41, 5.74) is 6.15. The van der Waals surface area contributed by atoms with E-state index < -0.39 is 6.10 Å². The number of nitrogens with two attached hydrogens (primary N) is 2. The average molecular weight is 469 g/mol. The van der Waals surface area contributed by atoms with E-state index in [9.17, 15) is 5.11 Å². The maximum atomic E-state index is 10.7. The van der Waals surface area contributed by atoms with Crippen molar-refractivity contribution in [1.29, 1.82) is 0 Å². The Morgan fingerprint density at radius 2 is 2.07 bits per heavy atom. The van der Waals surface area contributed by atoms with Gasteiger partial charge in [-0.3, -0.25) is 0 Å². The second kappa shape index (κ2) is 12.2. The lowest BCUT2D eigenvalue weighted by Crippen LogP contribution is -2.30. The van der Waals surface area contributed by atoms with Gasteiger partial charge in [0.1, 0.15) is 5.76 Å². The first-order valence-electron chi connectivity index (χ1n) is 10.3. The first-order chi connectivity index (χ1) is 13.7. The molecule has 7 heteroatoms. The van der Waals surface area contributed by atoms with Gasteiger partial charge in [-0.1, -0.05) is 34.6 Å².